The van der Waals surface area contributed by atoms with Gasteiger partial charge in [-0.05, 0) is 24.9 Å². The molecule has 0 saturated carbocycles. The van der Waals surface area contributed by atoms with Crippen LogP contribution in [0.5, 0.6) is 0 Å². The molecular formula is C14H19N3. The second-order valence-electron chi connectivity index (χ2n) is 4.20. The van der Waals surface area contributed by atoms with Crippen LogP contribution >= 0.6 is 0 Å². The summed E-state index contributed by atoms with van der Waals surface area (Å²) in [6.07, 6.45) is 7.11. The van der Waals surface area contributed by atoms with Crippen molar-refractivity contribution >= 4 is 0 Å². The predicted molar refractivity (Wildman–Crippen MR) is 69.8 cm³/mol. The van der Waals surface area contributed by atoms with Crippen molar-refractivity contribution in [2.45, 2.75) is 25.8 Å². The molecule has 0 aliphatic rings. The van der Waals surface area contributed by atoms with E-state index in [-0.39, 0.29) is 0 Å². The average Bonchev–Trinajstić information content (AvgIpc) is 2.79. The fourth-order valence-corrected chi connectivity index (χ4v) is 1.92. The van der Waals surface area contributed by atoms with Gasteiger partial charge in [-0.3, -0.25) is 0 Å². The van der Waals surface area contributed by atoms with Crippen molar-refractivity contribution in [1.29, 1.82) is 0 Å². The number of aryl methyl sites for hydroxylation is 1. The van der Waals surface area contributed by atoms with Crippen LogP contribution in [0.25, 0.3) is 0 Å². The highest BCUT2D eigenvalue weighted by atomic mass is 15.1. The fraction of sp³-hybridized carbons (Fsp3) is 0.357. The van der Waals surface area contributed by atoms with Crippen LogP contribution in [0, 0.1) is 0 Å². The van der Waals surface area contributed by atoms with Gasteiger partial charge in [-0.1, -0.05) is 30.3 Å². The van der Waals surface area contributed by atoms with Crippen molar-refractivity contribution in [3.05, 3.63) is 54.1 Å². The van der Waals surface area contributed by atoms with Crippen LogP contribution in [0.1, 0.15) is 24.2 Å². The third-order valence-corrected chi connectivity index (χ3v) is 2.85. The molecule has 1 heterocycles. The summed E-state index contributed by atoms with van der Waals surface area (Å²) in [4.78, 5) is 4.41. The zero-order chi connectivity index (χ0) is 11.9. The van der Waals surface area contributed by atoms with Crippen LogP contribution in [0.3, 0.4) is 0 Å². The standard InChI is InChI=1S/C14H19N3/c15-9-5-4-8-14-16-10-11-17(14)12-13-6-2-1-3-7-13/h1-3,6-7,10-11H,4-5,8-9,12,15H2. The van der Waals surface area contributed by atoms with Crippen molar-refractivity contribution in [2.75, 3.05) is 6.54 Å². The maximum atomic E-state index is 5.50. The zero-order valence-corrected chi connectivity index (χ0v) is 10.0. The summed E-state index contributed by atoms with van der Waals surface area (Å²) in [6, 6.07) is 10.5. The van der Waals surface area contributed by atoms with Crippen molar-refractivity contribution in [2.24, 2.45) is 5.73 Å². The molecule has 3 heteroatoms. The first kappa shape index (κ1) is 11.9. The van der Waals surface area contributed by atoms with Gasteiger partial charge in [0.2, 0.25) is 0 Å². The number of imidazole rings is 1. The first-order valence-corrected chi connectivity index (χ1v) is 6.14. The van der Waals surface area contributed by atoms with Crippen LogP contribution in [0.4, 0.5) is 0 Å². The Kier molecular flexibility index (Phi) is 4.33. The van der Waals surface area contributed by atoms with E-state index in [0.717, 1.165) is 38.2 Å². The second-order valence-corrected chi connectivity index (χ2v) is 4.20. The van der Waals surface area contributed by atoms with Crippen LogP contribution in [-0.4, -0.2) is 16.1 Å². The van der Waals surface area contributed by atoms with Gasteiger partial charge in [-0.25, -0.2) is 4.98 Å². The minimum absolute atomic E-state index is 0.763. The van der Waals surface area contributed by atoms with Crippen LogP contribution in [0.15, 0.2) is 42.7 Å². The van der Waals surface area contributed by atoms with E-state index >= 15 is 0 Å². The first-order chi connectivity index (χ1) is 8.40. The number of aromatic nitrogens is 2. The Balaban J connectivity index is 1.99. The van der Waals surface area contributed by atoms with Gasteiger partial charge in [0, 0.05) is 25.4 Å². The Morgan fingerprint density at radius 2 is 1.94 bits per heavy atom. The molecule has 0 radical (unpaired) electrons. The Bertz CT molecular complexity index is 434. The molecule has 0 atom stereocenters. The molecule has 0 amide bonds. The molecule has 0 aliphatic heterocycles. The van der Waals surface area contributed by atoms with E-state index in [9.17, 15) is 0 Å². The summed E-state index contributed by atoms with van der Waals surface area (Å²) in [7, 11) is 0. The maximum absolute atomic E-state index is 5.50. The number of hydrogen-bond acceptors (Lipinski definition) is 2. The molecule has 2 rings (SSSR count). The van der Waals surface area contributed by atoms with Gasteiger partial charge in [0.15, 0.2) is 0 Å². The van der Waals surface area contributed by atoms with E-state index in [2.05, 4.69) is 33.8 Å². The lowest BCUT2D eigenvalue weighted by atomic mass is 10.2. The smallest absolute Gasteiger partial charge is 0.108 e. The minimum atomic E-state index is 0.763. The summed E-state index contributed by atoms with van der Waals surface area (Å²) >= 11 is 0. The molecule has 1 aromatic carbocycles. The van der Waals surface area contributed by atoms with Crippen LogP contribution in [0.2, 0.25) is 0 Å². The summed E-state index contributed by atoms with van der Waals surface area (Å²) in [5.74, 6) is 1.15. The van der Waals surface area contributed by atoms with E-state index in [1.165, 1.54) is 5.56 Å². The van der Waals surface area contributed by atoms with Gasteiger partial charge in [0.25, 0.3) is 0 Å². The first-order valence-electron chi connectivity index (χ1n) is 6.14. The number of nitrogens with zero attached hydrogens (tertiary/aromatic N) is 2. The summed E-state index contributed by atoms with van der Waals surface area (Å²) in [5, 5.41) is 0. The predicted octanol–water partition coefficient (Wildman–Crippen LogP) is 2.21. The third kappa shape index (κ3) is 3.43. The van der Waals surface area contributed by atoms with Gasteiger partial charge in [-0.15, -0.1) is 0 Å². The van der Waals surface area contributed by atoms with E-state index in [1.54, 1.807) is 0 Å². The second kappa shape index (κ2) is 6.21. The molecule has 2 aromatic rings. The van der Waals surface area contributed by atoms with Crippen LogP contribution < -0.4 is 5.73 Å². The Labute approximate surface area is 102 Å². The fourth-order valence-electron chi connectivity index (χ4n) is 1.92. The number of nitrogens with two attached hydrogens (primary N) is 1. The van der Waals surface area contributed by atoms with Crippen molar-refractivity contribution in [1.82, 2.24) is 9.55 Å². The molecule has 3 nitrogen and oxygen atoms in total. The number of hydrogen-bond donors (Lipinski definition) is 1. The molecule has 0 fully saturated rings. The van der Waals surface area contributed by atoms with Crippen LogP contribution in [-0.2, 0) is 13.0 Å². The number of rotatable bonds is 6. The quantitative estimate of drug-likeness (QED) is 0.772. The summed E-state index contributed by atoms with van der Waals surface area (Å²) in [5.41, 5.74) is 6.81. The highest BCUT2D eigenvalue weighted by molar-refractivity contribution is 5.15. The largest absolute Gasteiger partial charge is 0.331 e. The molecule has 90 valence electrons. The molecule has 0 unspecified atom stereocenters. The van der Waals surface area contributed by atoms with Gasteiger partial charge < -0.3 is 10.3 Å². The normalized spacial score (nSPS) is 10.6. The monoisotopic (exact) mass is 229 g/mol. The molecule has 0 aliphatic carbocycles. The summed E-state index contributed by atoms with van der Waals surface area (Å²) < 4.78 is 2.21. The van der Waals surface area contributed by atoms with Crippen molar-refractivity contribution < 1.29 is 0 Å². The van der Waals surface area contributed by atoms with E-state index in [1.807, 2.05) is 18.5 Å². The lowest BCUT2D eigenvalue weighted by Crippen LogP contribution is -2.06. The Morgan fingerprint density at radius 3 is 2.71 bits per heavy atom. The molecule has 0 saturated heterocycles. The molecular weight excluding hydrogens is 210 g/mol. The van der Waals surface area contributed by atoms with Crippen molar-refractivity contribution in [3.63, 3.8) is 0 Å². The lowest BCUT2D eigenvalue weighted by Gasteiger charge is -2.07. The van der Waals surface area contributed by atoms with Gasteiger partial charge >= 0.3 is 0 Å². The molecule has 17 heavy (non-hydrogen) atoms. The number of unbranched alkanes of at least 4 members (excludes halogenated alkanes) is 1. The average molecular weight is 229 g/mol. The van der Waals surface area contributed by atoms with Gasteiger partial charge in [0.05, 0.1) is 0 Å². The van der Waals surface area contributed by atoms with E-state index in [4.69, 9.17) is 5.73 Å². The lowest BCUT2D eigenvalue weighted by molar-refractivity contribution is 0.663. The molecule has 0 bridgehead atoms. The molecule has 0 spiro atoms. The third-order valence-electron chi connectivity index (χ3n) is 2.85. The van der Waals surface area contributed by atoms with E-state index < -0.39 is 0 Å². The Morgan fingerprint density at radius 1 is 1.12 bits per heavy atom. The van der Waals surface area contributed by atoms with E-state index in [0.29, 0.717) is 0 Å². The molecule has 2 N–H and O–H groups in total. The zero-order valence-electron chi connectivity index (χ0n) is 10.0. The van der Waals surface area contributed by atoms with Gasteiger partial charge in [0.1, 0.15) is 5.82 Å². The van der Waals surface area contributed by atoms with Gasteiger partial charge in [-0.2, -0.15) is 0 Å². The maximum Gasteiger partial charge on any atom is 0.108 e. The van der Waals surface area contributed by atoms with Crippen molar-refractivity contribution in [3.8, 4) is 0 Å². The molecule has 1 aromatic heterocycles. The highest BCUT2D eigenvalue weighted by Gasteiger charge is 2.02. The minimum Gasteiger partial charge on any atom is -0.331 e. The SMILES string of the molecule is NCCCCc1nccn1Cc1ccccc1. The number of benzene rings is 1. The Hall–Kier alpha value is -1.61. The highest BCUT2D eigenvalue weighted by Crippen LogP contribution is 2.07. The topological polar surface area (TPSA) is 43.8 Å². The summed E-state index contributed by atoms with van der Waals surface area (Å²) in [6.45, 7) is 1.66.